The van der Waals surface area contributed by atoms with Gasteiger partial charge < -0.3 is 10.0 Å². The highest BCUT2D eigenvalue weighted by molar-refractivity contribution is 5.30. The van der Waals surface area contributed by atoms with Gasteiger partial charge in [0.2, 0.25) is 0 Å². The smallest absolute Gasteiger partial charge is 0.115 e. The first-order chi connectivity index (χ1) is 12.4. The van der Waals surface area contributed by atoms with Crippen LogP contribution in [0.1, 0.15) is 51.3 Å². The molecule has 0 aliphatic carbocycles. The molecule has 1 saturated heterocycles. The predicted molar refractivity (Wildman–Crippen MR) is 107 cm³/mol. The van der Waals surface area contributed by atoms with Gasteiger partial charge in [0.25, 0.3) is 0 Å². The van der Waals surface area contributed by atoms with Crippen LogP contribution in [-0.2, 0) is 0 Å². The standard InChI is InChI=1S/C21H32N4O/c1-6-8-19(13-20(26)7-2)18-9-11-24(12-10-18)14-17(5)21-15-25(16(3)4)23-22-21/h6-8,13,15-18,26H,1-2,9-12,14H2,3-5H3/b19-8+,20-13+. The highest BCUT2D eigenvalue weighted by Gasteiger charge is 2.23. The molecule has 0 saturated carbocycles. The quantitative estimate of drug-likeness (QED) is 0.553. The second-order valence-electron chi connectivity index (χ2n) is 7.37. The molecule has 5 heteroatoms. The number of rotatable bonds is 8. The van der Waals surface area contributed by atoms with Crippen molar-refractivity contribution in [2.75, 3.05) is 19.6 Å². The minimum Gasteiger partial charge on any atom is -0.508 e. The van der Waals surface area contributed by atoms with Crippen molar-refractivity contribution in [3.63, 3.8) is 0 Å². The van der Waals surface area contributed by atoms with Gasteiger partial charge in [0.15, 0.2) is 0 Å². The number of aliphatic hydroxyl groups is 1. The summed E-state index contributed by atoms with van der Waals surface area (Å²) in [5.41, 5.74) is 2.19. The van der Waals surface area contributed by atoms with Crippen molar-refractivity contribution in [1.29, 1.82) is 0 Å². The lowest BCUT2D eigenvalue weighted by atomic mass is 9.88. The molecule has 0 bridgehead atoms. The summed E-state index contributed by atoms with van der Waals surface area (Å²) in [6.45, 7) is 16.9. The van der Waals surface area contributed by atoms with Gasteiger partial charge in [-0.25, -0.2) is 4.68 Å². The van der Waals surface area contributed by atoms with Gasteiger partial charge in [-0.05, 0) is 63.4 Å². The van der Waals surface area contributed by atoms with E-state index in [9.17, 15) is 5.11 Å². The fraction of sp³-hybridized carbons (Fsp3) is 0.524. The largest absolute Gasteiger partial charge is 0.508 e. The summed E-state index contributed by atoms with van der Waals surface area (Å²) in [6.07, 6.45) is 11.3. The van der Waals surface area contributed by atoms with Crippen LogP contribution < -0.4 is 0 Å². The number of likely N-dealkylation sites (tertiary alicyclic amines) is 1. The van der Waals surface area contributed by atoms with Crippen LogP contribution in [0.5, 0.6) is 0 Å². The Kier molecular flexibility index (Phi) is 7.39. The molecule has 5 nitrogen and oxygen atoms in total. The number of piperidine rings is 1. The van der Waals surface area contributed by atoms with Gasteiger partial charge in [0.05, 0.1) is 5.69 Å². The van der Waals surface area contributed by atoms with Gasteiger partial charge in [-0.15, -0.1) is 5.10 Å². The molecular formula is C21H32N4O. The molecule has 1 fully saturated rings. The first-order valence-electron chi connectivity index (χ1n) is 9.44. The molecule has 2 rings (SSSR count). The van der Waals surface area contributed by atoms with E-state index in [2.05, 4.69) is 55.3 Å². The Morgan fingerprint density at radius 3 is 2.54 bits per heavy atom. The summed E-state index contributed by atoms with van der Waals surface area (Å²) in [5, 5.41) is 18.3. The summed E-state index contributed by atoms with van der Waals surface area (Å²) >= 11 is 0. The average molecular weight is 357 g/mol. The van der Waals surface area contributed by atoms with Crippen molar-refractivity contribution in [3.8, 4) is 0 Å². The Morgan fingerprint density at radius 2 is 2.00 bits per heavy atom. The van der Waals surface area contributed by atoms with Gasteiger partial charge in [0.1, 0.15) is 5.76 Å². The van der Waals surface area contributed by atoms with Crippen LogP contribution in [0.2, 0.25) is 0 Å². The fourth-order valence-electron chi connectivity index (χ4n) is 3.37. The maximum atomic E-state index is 9.77. The zero-order chi connectivity index (χ0) is 19.1. The SMILES string of the molecule is C=C/C=C(\C=C(\O)C=C)C1CCN(CC(C)c2cn(C(C)C)nn2)CC1. The Bertz CT molecular complexity index is 663. The number of hydrogen-bond donors (Lipinski definition) is 1. The molecular weight excluding hydrogens is 324 g/mol. The molecule has 0 aromatic carbocycles. The predicted octanol–water partition coefficient (Wildman–Crippen LogP) is 4.41. The molecule has 1 aromatic heterocycles. The van der Waals surface area contributed by atoms with Crippen molar-refractivity contribution < 1.29 is 5.11 Å². The maximum absolute atomic E-state index is 9.77. The molecule has 26 heavy (non-hydrogen) atoms. The van der Waals surface area contributed by atoms with E-state index in [1.807, 2.05) is 16.8 Å². The zero-order valence-corrected chi connectivity index (χ0v) is 16.3. The summed E-state index contributed by atoms with van der Waals surface area (Å²) in [4.78, 5) is 2.50. The fourth-order valence-corrected chi connectivity index (χ4v) is 3.37. The summed E-state index contributed by atoms with van der Waals surface area (Å²) in [5.74, 6) is 1.03. The minimum absolute atomic E-state index is 0.211. The number of allylic oxidation sites excluding steroid dienone is 5. The summed E-state index contributed by atoms with van der Waals surface area (Å²) in [7, 11) is 0. The Morgan fingerprint density at radius 1 is 1.31 bits per heavy atom. The van der Waals surface area contributed by atoms with Crippen LogP contribution in [0, 0.1) is 5.92 Å². The second kappa shape index (κ2) is 9.53. The second-order valence-corrected chi connectivity index (χ2v) is 7.37. The summed E-state index contributed by atoms with van der Waals surface area (Å²) in [6, 6.07) is 0.342. The zero-order valence-electron chi connectivity index (χ0n) is 16.3. The maximum Gasteiger partial charge on any atom is 0.115 e. The molecule has 142 valence electrons. The van der Waals surface area contributed by atoms with Gasteiger partial charge in [-0.2, -0.15) is 0 Å². The van der Waals surface area contributed by atoms with Crippen molar-refractivity contribution in [3.05, 3.63) is 60.7 Å². The van der Waals surface area contributed by atoms with Crippen molar-refractivity contribution in [2.24, 2.45) is 5.92 Å². The highest BCUT2D eigenvalue weighted by atomic mass is 16.3. The van der Waals surface area contributed by atoms with Crippen LogP contribution in [-0.4, -0.2) is 44.6 Å². The molecule has 0 amide bonds. The van der Waals surface area contributed by atoms with Crippen LogP contribution in [0.4, 0.5) is 0 Å². The lowest BCUT2D eigenvalue weighted by molar-refractivity contribution is 0.191. The normalized spacial score (nSPS) is 18.9. The molecule has 1 unspecified atom stereocenters. The first-order valence-corrected chi connectivity index (χ1v) is 9.44. The van der Waals surface area contributed by atoms with Gasteiger partial charge in [-0.1, -0.05) is 37.4 Å². The molecule has 1 aliphatic heterocycles. The van der Waals surface area contributed by atoms with E-state index >= 15 is 0 Å². The van der Waals surface area contributed by atoms with Crippen LogP contribution in [0.3, 0.4) is 0 Å². The van der Waals surface area contributed by atoms with Gasteiger partial charge in [0, 0.05) is 24.7 Å². The van der Waals surface area contributed by atoms with E-state index in [4.69, 9.17) is 0 Å². The van der Waals surface area contributed by atoms with E-state index in [0.29, 0.717) is 17.9 Å². The Balaban J connectivity index is 1.91. The highest BCUT2D eigenvalue weighted by Crippen LogP contribution is 2.28. The van der Waals surface area contributed by atoms with Crippen LogP contribution in [0.25, 0.3) is 0 Å². The first kappa shape index (κ1) is 20.2. The van der Waals surface area contributed by atoms with Crippen LogP contribution >= 0.6 is 0 Å². The van der Waals surface area contributed by atoms with Crippen LogP contribution in [0.15, 0.2) is 55.0 Å². The van der Waals surface area contributed by atoms with Gasteiger partial charge in [-0.3, -0.25) is 0 Å². The third kappa shape index (κ3) is 5.43. The molecule has 0 radical (unpaired) electrons. The Hall–Kier alpha value is -2.14. The van der Waals surface area contributed by atoms with E-state index in [1.54, 1.807) is 6.08 Å². The topological polar surface area (TPSA) is 54.2 Å². The van der Waals surface area contributed by atoms with E-state index in [0.717, 1.165) is 43.7 Å². The van der Waals surface area contributed by atoms with Gasteiger partial charge >= 0.3 is 0 Å². The van der Waals surface area contributed by atoms with Crippen molar-refractivity contribution in [2.45, 2.75) is 45.6 Å². The molecule has 1 aliphatic rings. The van der Waals surface area contributed by atoms with E-state index in [-0.39, 0.29) is 5.76 Å². The van der Waals surface area contributed by atoms with E-state index in [1.165, 1.54) is 6.08 Å². The number of aliphatic hydroxyl groups excluding tert-OH is 1. The minimum atomic E-state index is 0.211. The number of nitrogens with zero attached hydrogens (tertiary/aromatic N) is 4. The molecule has 1 N–H and O–H groups in total. The van der Waals surface area contributed by atoms with Crippen molar-refractivity contribution >= 4 is 0 Å². The Labute approximate surface area is 157 Å². The third-order valence-corrected chi connectivity index (χ3v) is 4.99. The monoisotopic (exact) mass is 356 g/mol. The average Bonchev–Trinajstić information content (AvgIpc) is 3.12. The lowest BCUT2D eigenvalue weighted by Crippen LogP contribution is -2.36. The lowest BCUT2D eigenvalue weighted by Gasteiger charge is -2.33. The molecule has 2 heterocycles. The van der Waals surface area contributed by atoms with E-state index < -0.39 is 0 Å². The number of aromatic nitrogens is 3. The molecule has 1 atom stereocenters. The molecule has 0 spiro atoms. The third-order valence-electron chi connectivity index (χ3n) is 4.99. The van der Waals surface area contributed by atoms with Crippen molar-refractivity contribution in [1.82, 2.24) is 19.9 Å². The molecule has 1 aromatic rings. The summed E-state index contributed by atoms with van der Waals surface area (Å²) < 4.78 is 1.92. The number of hydrogen-bond acceptors (Lipinski definition) is 4.